The lowest BCUT2D eigenvalue weighted by molar-refractivity contribution is 0.800. The maximum absolute atomic E-state index is 9.30. The second-order valence-electron chi connectivity index (χ2n) is 5.15. The van der Waals surface area contributed by atoms with E-state index in [-0.39, 0.29) is 0 Å². The molecule has 0 fully saturated rings. The number of para-hydroxylation sites is 1. The van der Waals surface area contributed by atoms with E-state index in [1.807, 2.05) is 56.4 Å². The largest absolute Gasteiger partial charge is 0.245 e. The van der Waals surface area contributed by atoms with E-state index in [1.54, 1.807) is 4.68 Å². The van der Waals surface area contributed by atoms with Crippen molar-refractivity contribution in [3.63, 3.8) is 0 Å². The van der Waals surface area contributed by atoms with Crippen LogP contribution in [0.3, 0.4) is 0 Å². The van der Waals surface area contributed by atoms with E-state index < -0.39 is 0 Å². The van der Waals surface area contributed by atoms with E-state index in [4.69, 9.17) is 0 Å². The van der Waals surface area contributed by atoms with Crippen molar-refractivity contribution >= 4 is 11.8 Å². The van der Waals surface area contributed by atoms with Crippen LogP contribution in [0.2, 0.25) is 0 Å². The normalized spacial score (nSPS) is 10.5. The molecule has 0 spiro atoms. The number of benzene rings is 1. The highest BCUT2D eigenvalue weighted by Crippen LogP contribution is 2.26. The maximum atomic E-state index is 9.30. The van der Waals surface area contributed by atoms with Gasteiger partial charge in [0.25, 0.3) is 0 Å². The summed E-state index contributed by atoms with van der Waals surface area (Å²) in [6.45, 7) is 3.87. The van der Waals surface area contributed by atoms with Gasteiger partial charge in [0, 0.05) is 11.4 Å². The molecule has 0 unspecified atom stereocenters. The van der Waals surface area contributed by atoms with Crippen LogP contribution in [0.15, 0.2) is 47.6 Å². The first-order chi connectivity index (χ1) is 11.2. The lowest BCUT2D eigenvalue weighted by Crippen LogP contribution is -1.95. The number of aryl methyl sites for hydroxylation is 2. The third-order valence-electron chi connectivity index (χ3n) is 3.34. The zero-order valence-electron chi connectivity index (χ0n) is 12.9. The van der Waals surface area contributed by atoms with Crippen LogP contribution in [-0.2, 0) is 5.75 Å². The van der Waals surface area contributed by atoms with Gasteiger partial charge < -0.3 is 0 Å². The number of rotatable bonds is 4. The van der Waals surface area contributed by atoms with Crippen molar-refractivity contribution in [2.24, 2.45) is 0 Å². The molecule has 0 amide bonds. The maximum Gasteiger partial charge on any atom is 0.115 e. The Bertz CT molecular complexity index is 864. The fourth-order valence-corrected chi connectivity index (χ4v) is 3.23. The molecule has 1 aromatic carbocycles. The number of hydrogen-bond acceptors (Lipinski definition) is 5. The fourth-order valence-electron chi connectivity index (χ4n) is 2.26. The van der Waals surface area contributed by atoms with E-state index in [0.29, 0.717) is 11.3 Å². The predicted octanol–water partition coefficient (Wildman–Crippen LogP) is 3.44. The van der Waals surface area contributed by atoms with Gasteiger partial charge in [0.2, 0.25) is 0 Å². The number of hydrogen-bond donors (Lipinski definition) is 0. The highest BCUT2D eigenvalue weighted by atomic mass is 32.2. The smallest absolute Gasteiger partial charge is 0.115 e. The summed E-state index contributed by atoms with van der Waals surface area (Å²) >= 11 is 1.51. The Kier molecular flexibility index (Phi) is 4.40. The highest BCUT2D eigenvalue weighted by molar-refractivity contribution is 7.98. The van der Waals surface area contributed by atoms with Crippen LogP contribution < -0.4 is 0 Å². The Morgan fingerprint density at radius 1 is 1.22 bits per heavy atom. The molecule has 0 aliphatic heterocycles. The van der Waals surface area contributed by atoms with Gasteiger partial charge in [0.05, 0.1) is 23.1 Å². The molecule has 5 nitrogen and oxygen atoms in total. The average Bonchev–Trinajstić information content (AvgIpc) is 3.02. The zero-order valence-corrected chi connectivity index (χ0v) is 13.7. The second kappa shape index (κ2) is 6.63. The summed E-state index contributed by atoms with van der Waals surface area (Å²) < 4.78 is 1.75. The van der Waals surface area contributed by atoms with Crippen molar-refractivity contribution in [1.82, 2.24) is 20.0 Å². The molecular formula is C17H15N5S. The van der Waals surface area contributed by atoms with Gasteiger partial charge in [-0.15, -0.1) is 5.10 Å². The van der Waals surface area contributed by atoms with Gasteiger partial charge in [-0.05, 0) is 37.6 Å². The molecule has 0 saturated carbocycles. The SMILES string of the molecule is Cc1cc(C)c(C#N)c(SCc2cn(-c3ccccc3)nn2)n1. The van der Waals surface area contributed by atoms with Gasteiger partial charge in [-0.2, -0.15) is 5.26 Å². The first kappa shape index (κ1) is 15.3. The third-order valence-corrected chi connectivity index (χ3v) is 4.35. The molecule has 0 bridgehead atoms. The summed E-state index contributed by atoms with van der Waals surface area (Å²) in [5.41, 5.74) is 4.32. The number of aromatic nitrogens is 4. The van der Waals surface area contributed by atoms with Gasteiger partial charge in [-0.3, -0.25) is 0 Å². The van der Waals surface area contributed by atoms with Crippen molar-refractivity contribution in [2.75, 3.05) is 0 Å². The standard InChI is InChI=1S/C17H15N5S/c1-12-8-13(2)19-17(16(12)9-18)23-11-14-10-22(21-20-14)15-6-4-3-5-7-15/h3-8,10H,11H2,1-2H3. The van der Waals surface area contributed by atoms with Crippen molar-refractivity contribution in [3.8, 4) is 11.8 Å². The van der Waals surface area contributed by atoms with E-state index in [2.05, 4.69) is 21.4 Å². The Morgan fingerprint density at radius 3 is 2.74 bits per heavy atom. The molecule has 114 valence electrons. The summed E-state index contributed by atoms with van der Waals surface area (Å²) in [5.74, 6) is 0.622. The zero-order chi connectivity index (χ0) is 16.2. The van der Waals surface area contributed by atoms with E-state index >= 15 is 0 Å². The molecule has 0 radical (unpaired) electrons. The molecule has 0 aliphatic carbocycles. The lowest BCUT2D eigenvalue weighted by Gasteiger charge is -2.06. The monoisotopic (exact) mass is 321 g/mol. The van der Waals surface area contributed by atoms with Crippen molar-refractivity contribution in [1.29, 1.82) is 5.26 Å². The first-order valence-electron chi connectivity index (χ1n) is 7.15. The Labute approximate surface area is 139 Å². The third kappa shape index (κ3) is 3.41. The van der Waals surface area contributed by atoms with Crippen LogP contribution >= 0.6 is 11.8 Å². The van der Waals surface area contributed by atoms with Crippen LogP contribution in [0.1, 0.15) is 22.5 Å². The van der Waals surface area contributed by atoms with Crippen LogP contribution in [0.4, 0.5) is 0 Å². The molecular weight excluding hydrogens is 306 g/mol. The molecule has 0 atom stereocenters. The number of nitrogens with zero attached hydrogens (tertiary/aromatic N) is 5. The van der Waals surface area contributed by atoms with Crippen LogP contribution in [-0.4, -0.2) is 20.0 Å². The van der Waals surface area contributed by atoms with Crippen LogP contribution in [0, 0.1) is 25.2 Å². The van der Waals surface area contributed by atoms with Gasteiger partial charge >= 0.3 is 0 Å². The van der Waals surface area contributed by atoms with E-state index in [0.717, 1.165) is 27.7 Å². The average molecular weight is 321 g/mol. The molecule has 2 aromatic heterocycles. The minimum atomic E-state index is 0.622. The first-order valence-corrected chi connectivity index (χ1v) is 8.13. The molecule has 0 saturated heterocycles. The van der Waals surface area contributed by atoms with Crippen molar-refractivity contribution in [2.45, 2.75) is 24.6 Å². The van der Waals surface area contributed by atoms with Gasteiger partial charge in [0.1, 0.15) is 11.1 Å². The predicted molar refractivity (Wildman–Crippen MR) is 89.3 cm³/mol. The molecule has 0 N–H and O–H groups in total. The number of nitriles is 1. The van der Waals surface area contributed by atoms with Crippen LogP contribution in [0.5, 0.6) is 0 Å². The van der Waals surface area contributed by atoms with Gasteiger partial charge in [-0.25, -0.2) is 9.67 Å². The topological polar surface area (TPSA) is 67.4 Å². The van der Waals surface area contributed by atoms with E-state index in [9.17, 15) is 5.26 Å². The minimum Gasteiger partial charge on any atom is -0.245 e. The van der Waals surface area contributed by atoms with E-state index in [1.165, 1.54) is 11.8 Å². The molecule has 3 rings (SSSR count). The lowest BCUT2D eigenvalue weighted by atomic mass is 10.1. The molecule has 23 heavy (non-hydrogen) atoms. The summed E-state index contributed by atoms with van der Waals surface area (Å²) in [4.78, 5) is 4.47. The Hall–Kier alpha value is -2.65. The molecule has 6 heteroatoms. The quantitative estimate of drug-likeness (QED) is 0.689. The molecule has 0 aliphatic rings. The second-order valence-corrected chi connectivity index (χ2v) is 6.12. The summed E-state index contributed by atoms with van der Waals surface area (Å²) in [6, 6.07) is 14.0. The fraction of sp³-hybridized carbons (Fsp3) is 0.176. The van der Waals surface area contributed by atoms with Gasteiger partial charge in [0.15, 0.2) is 0 Å². The Balaban J connectivity index is 1.78. The molecule has 3 aromatic rings. The summed E-state index contributed by atoms with van der Waals surface area (Å²) in [6.07, 6.45) is 1.90. The van der Waals surface area contributed by atoms with Crippen LogP contribution in [0.25, 0.3) is 5.69 Å². The highest BCUT2D eigenvalue weighted by Gasteiger charge is 2.11. The van der Waals surface area contributed by atoms with Gasteiger partial charge in [-0.1, -0.05) is 35.2 Å². The summed E-state index contributed by atoms with van der Waals surface area (Å²) in [5, 5.41) is 18.4. The molecule has 2 heterocycles. The van der Waals surface area contributed by atoms with Crippen molar-refractivity contribution < 1.29 is 0 Å². The Morgan fingerprint density at radius 2 is 2.00 bits per heavy atom. The summed E-state index contributed by atoms with van der Waals surface area (Å²) in [7, 11) is 0. The van der Waals surface area contributed by atoms with Crippen molar-refractivity contribution in [3.05, 3.63) is 65.1 Å². The number of thioether (sulfide) groups is 1. The minimum absolute atomic E-state index is 0.622. The number of pyridine rings is 1.